The summed E-state index contributed by atoms with van der Waals surface area (Å²) in [6.45, 7) is 0. The fourth-order valence-corrected chi connectivity index (χ4v) is 16.4. The molecule has 4 nitrogen and oxygen atoms in total. The highest BCUT2D eigenvalue weighted by molar-refractivity contribution is 6.14. The molecule has 0 saturated carbocycles. The van der Waals surface area contributed by atoms with Crippen molar-refractivity contribution in [2.24, 2.45) is 0 Å². The van der Waals surface area contributed by atoms with Gasteiger partial charge in [0.1, 0.15) is 0 Å². The Morgan fingerprint density at radius 2 is 0.417 bits per heavy atom. The van der Waals surface area contributed by atoms with Crippen molar-refractivity contribution >= 4 is 99.3 Å². The number of anilines is 6. The summed E-state index contributed by atoms with van der Waals surface area (Å²) in [6.07, 6.45) is 0. The van der Waals surface area contributed by atoms with Gasteiger partial charge >= 0.3 is 0 Å². The zero-order valence-electron chi connectivity index (χ0n) is 116. The third-order valence-corrected chi connectivity index (χ3v) is 22.5. The molecule has 22 aromatic carbocycles. The van der Waals surface area contributed by atoms with E-state index in [1.54, 1.807) is 48.5 Å². The summed E-state index contributed by atoms with van der Waals surface area (Å²) < 4.78 is 433. The molecule has 0 unspecified atom stereocenters. The lowest BCUT2D eigenvalue weighted by atomic mass is 9.94. The van der Waals surface area contributed by atoms with Crippen molar-refractivity contribution in [1.82, 2.24) is 9.13 Å². The summed E-state index contributed by atoms with van der Waals surface area (Å²) in [5, 5.41) is 6.95. The average molecular weight is 1730 g/mol. The first kappa shape index (κ1) is 43.8. The molecule has 2 heterocycles. The lowest BCUT2D eigenvalue weighted by Gasteiger charge is -2.26. The summed E-state index contributed by atoms with van der Waals surface area (Å²) in [5.41, 5.74) is -5.19. The van der Waals surface area contributed by atoms with Crippen LogP contribution in [0.5, 0.6) is 0 Å². The van der Waals surface area contributed by atoms with Crippen LogP contribution in [0.4, 0.5) is 34.1 Å². The number of rotatable bonds is 18. The summed E-state index contributed by atoms with van der Waals surface area (Å²) in [7, 11) is 0. The van der Waals surface area contributed by atoms with Crippen LogP contribution in [0.25, 0.3) is 188 Å². The van der Waals surface area contributed by atoms with E-state index in [9.17, 15) is 31.5 Å². The first-order valence-corrected chi connectivity index (χ1v) is 41.5. The van der Waals surface area contributed by atoms with Gasteiger partial charge in [-0.15, -0.1) is 0 Å². The van der Waals surface area contributed by atoms with E-state index in [-0.39, 0.29) is 22.4 Å². The molecule has 24 aromatic rings. The fraction of sp³-hybridized carbons (Fsp3) is 0. The fourth-order valence-electron chi connectivity index (χ4n) is 16.4. The van der Waals surface area contributed by atoms with Gasteiger partial charge in [-0.25, -0.2) is 0 Å². The molecule has 0 radical (unpaired) electrons. The Hall–Kier alpha value is -17.4. The lowest BCUT2D eigenvalue weighted by molar-refractivity contribution is 1.20. The summed E-state index contributed by atoms with van der Waals surface area (Å²) >= 11 is 0. The largest absolute Gasteiger partial charge is 0.311 e. The normalized spacial score (nSPS) is 16.3. The molecule has 132 heavy (non-hydrogen) atoms. The minimum atomic E-state index is -1.29. The molecule has 0 aliphatic rings. The van der Waals surface area contributed by atoms with E-state index < -0.39 is 379 Å². The minimum absolute atomic E-state index is 0.0363. The van der Waals surface area contributed by atoms with Crippen LogP contribution in [0.3, 0.4) is 0 Å². The van der Waals surface area contributed by atoms with E-state index >= 15 is 0 Å². The van der Waals surface area contributed by atoms with Crippen LogP contribution < -0.4 is 9.80 Å². The third-order valence-electron chi connectivity index (χ3n) is 22.5. The summed E-state index contributed by atoms with van der Waals surface area (Å²) in [4.78, 5) is 1.54. The smallest absolute Gasteiger partial charge is 0.0645 e. The Morgan fingerprint density at radius 1 is 0.152 bits per heavy atom. The number of hydrogen-bond donors (Lipinski definition) is 0. The molecule has 620 valence electrons. The van der Waals surface area contributed by atoms with Gasteiger partial charge in [-0.1, -0.05) is 412 Å². The molecule has 24 rings (SSSR count). The Morgan fingerprint density at radius 3 is 0.811 bits per heavy atom. The molecule has 0 saturated heterocycles. The molecule has 0 bridgehead atoms. The van der Waals surface area contributed by atoms with E-state index in [0.29, 0.717) is 21.4 Å². The molecule has 0 fully saturated rings. The van der Waals surface area contributed by atoms with E-state index in [4.69, 9.17) is 32.9 Å². The second kappa shape index (κ2) is 35.1. The molecule has 4 heteroatoms. The highest BCUT2D eigenvalue weighted by atomic mass is 15.1. The molecule has 0 amide bonds. The zero-order valence-corrected chi connectivity index (χ0v) is 69.0. The van der Waals surface area contributed by atoms with Gasteiger partial charge < -0.3 is 18.9 Å². The van der Waals surface area contributed by atoms with Crippen LogP contribution in [0.1, 0.15) is 64.4 Å². The van der Waals surface area contributed by atoms with Crippen molar-refractivity contribution in [1.29, 1.82) is 0 Å². The zero-order chi connectivity index (χ0) is 129. The van der Waals surface area contributed by atoms with Gasteiger partial charge in [0.15, 0.2) is 0 Å². The first-order chi connectivity index (χ1) is 85.1. The molecular formula is C128H88N4. The molecular weight excluding hydrogens is 1590 g/mol. The highest BCUT2D eigenvalue weighted by Gasteiger charge is 2.22. The van der Waals surface area contributed by atoms with E-state index in [0.717, 1.165) is 92.8 Å². The maximum absolute atomic E-state index is 9.88. The molecule has 0 atom stereocenters. The van der Waals surface area contributed by atoms with Crippen molar-refractivity contribution in [3.63, 3.8) is 0 Å². The van der Waals surface area contributed by atoms with Crippen LogP contribution >= 0.6 is 0 Å². The topological polar surface area (TPSA) is 16.3 Å². The average Bonchev–Trinajstić information content (AvgIpc) is 1.18. The van der Waals surface area contributed by atoms with Gasteiger partial charge in [0, 0.05) is 66.4 Å². The molecule has 0 aliphatic carbocycles. The number of nitrogens with zero attached hydrogens (tertiary/aromatic N) is 4. The summed E-state index contributed by atoms with van der Waals surface area (Å²) in [6, 6.07) is 33.5. The molecule has 2 aromatic heterocycles. The predicted molar refractivity (Wildman–Crippen MR) is 560 cm³/mol. The van der Waals surface area contributed by atoms with Gasteiger partial charge in [-0.05, 0) is 243 Å². The first-order valence-electron chi connectivity index (χ1n) is 65.0. The quantitative estimate of drug-likeness (QED) is 0.0851. The van der Waals surface area contributed by atoms with Gasteiger partial charge in [-0.3, -0.25) is 0 Å². The number of fused-ring (bicyclic) bond motifs is 8. The van der Waals surface area contributed by atoms with E-state index in [1.165, 1.54) is 0 Å². The lowest BCUT2D eigenvalue weighted by Crippen LogP contribution is -2.09. The Labute approximate surface area is 835 Å². The van der Waals surface area contributed by atoms with Gasteiger partial charge in [-0.2, -0.15) is 0 Å². The SMILES string of the molecule is [2H]c1c([2H])c([2H])c(-c2c([2H])c([2H])c(-c3c([2H])c([2H])c(N(c4c([2H])c([2H])c(-c5ccc6c(c5)c5ccccc5n6-c5cccc6ccccc56)c([2H])c4[2H])c4c([2H])c([2H])c(-c5c([2H])c([2H])c([2H])c([2H])c5-c5c([2H])c([2H])c([2H])c([2H])c5[2H])c([2H])c4[2H])c([2H])c3[2H])c([2H])c2[2H])c([2H])c1[2H].[2H]c1c([2H])c([2H])c(-c2c([2H])c([2H])c(-c3c([2H])c([2H])c(N(c4ccc(-c5ccccc5-c5ccccc5)cc4)c4c([2H])c([2H])c(-c5ccc6c(c5)c5ccccc5n6-c5cccc6ccccc56)c([2H])c4[2H])c([2H])c3[2H])c([2H])c2[2H])c([2H])c1[2H]. The Bertz CT molecular complexity index is 11200. The second-order valence-corrected chi connectivity index (χ2v) is 30.2. The Kier molecular flexibility index (Phi) is 11.6. The van der Waals surface area contributed by atoms with Crippen LogP contribution in [-0.2, 0) is 0 Å². The standard InChI is InChI=1S/2C64H44N2/c2*1-3-14-45(15-4-1)46-26-28-47(29-27-46)48-30-37-54(38-31-48)65(56-41-34-52(35-42-56)58-21-10-9-20-57(58)50-16-5-2-6-17-50)55-39-32-49(33-40-55)53-36-43-64-61(44-53)60-23-11-12-24-63(60)66(64)62-25-13-19-51-18-7-8-22-59(51)62/h2*1-44H/i1D,2D,3D,4D,5D,6D,9D,10D,14D,15D,16D,17D,20D,21D,26D,27D,28D,29D,30D,31D,32D,33D,34D,35D,37D,38D,39D,40D,41D,42D;1D,3D,4D,14D,15D,26D,27D,28D,29D,30D,31D,32D,33D,37D,38D,39D,40D. The minimum Gasteiger partial charge on any atom is -0.311 e. The maximum atomic E-state index is 9.88. The Balaban J connectivity index is 0.000000190. The number of aromatic nitrogens is 2. The van der Waals surface area contributed by atoms with Crippen molar-refractivity contribution in [2.45, 2.75) is 0 Å². The monoisotopic (exact) mass is 1730 g/mol. The number of para-hydroxylation sites is 2. The number of benzene rings is 22. The molecule has 0 aliphatic heterocycles. The maximum Gasteiger partial charge on any atom is 0.0645 e. The van der Waals surface area contributed by atoms with Gasteiger partial charge in [0.2, 0.25) is 0 Å². The van der Waals surface area contributed by atoms with Crippen LogP contribution in [0, 0.1) is 0 Å². The highest BCUT2D eigenvalue weighted by Crippen LogP contribution is 2.46. The van der Waals surface area contributed by atoms with Crippen LogP contribution in [-0.4, -0.2) is 9.13 Å². The van der Waals surface area contributed by atoms with Gasteiger partial charge in [0.25, 0.3) is 0 Å². The van der Waals surface area contributed by atoms with Crippen LogP contribution in [0.2, 0.25) is 0 Å². The molecule has 0 N–H and O–H groups in total. The molecule has 0 spiro atoms. The van der Waals surface area contributed by atoms with E-state index in [1.807, 2.05) is 199 Å². The number of hydrogen-bond acceptors (Lipinski definition) is 2. The van der Waals surface area contributed by atoms with Crippen molar-refractivity contribution in [3.05, 3.63) is 533 Å². The van der Waals surface area contributed by atoms with Crippen molar-refractivity contribution < 1.29 is 64.4 Å². The third kappa shape index (κ3) is 15.3. The summed E-state index contributed by atoms with van der Waals surface area (Å²) in [5.74, 6) is 0. The predicted octanol–water partition coefficient (Wildman–Crippen LogP) is 35.5. The van der Waals surface area contributed by atoms with Crippen LogP contribution in [0.15, 0.2) is 533 Å². The van der Waals surface area contributed by atoms with Crippen molar-refractivity contribution in [2.75, 3.05) is 9.80 Å². The van der Waals surface area contributed by atoms with Crippen molar-refractivity contribution in [3.8, 4) is 123 Å². The second-order valence-electron chi connectivity index (χ2n) is 30.2. The van der Waals surface area contributed by atoms with E-state index in [2.05, 4.69) is 10.6 Å². The van der Waals surface area contributed by atoms with Gasteiger partial charge in [0.05, 0.1) is 97.9 Å².